The van der Waals surface area contributed by atoms with Crippen LogP contribution in [0.2, 0.25) is 0 Å². The number of aromatic nitrogens is 1. The summed E-state index contributed by atoms with van der Waals surface area (Å²) in [4.78, 5) is 38.4. The molecule has 1 aliphatic rings. The second-order valence-corrected chi connectivity index (χ2v) is 5.72. The van der Waals surface area contributed by atoms with Gasteiger partial charge in [0.25, 0.3) is 0 Å². The number of thiazole rings is 1. The number of aromatic carboxylic acids is 1. The molecule has 3 amide bonds. The lowest BCUT2D eigenvalue weighted by atomic mass is 10.1. The Hall–Kier alpha value is -2.16. The minimum Gasteiger partial charge on any atom is -0.477 e. The van der Waals surface area contributed by atoms with E-state index in [0.29, 0.717) is 23.7 Å². The standard InChI is InChI=1S/C12H16N4O4S/c1-6-9(11(18)19)21-8(15-6)5-14-12(20)16-7-3-2-4-13-10(7)17/h7H,2-5H2,1H3,(H,13,17)(H,18,19)(H2,14,16,20). The summed E-state index contributed by atoms with van der Waals surface area (Å²) in [5, 5.41) is 17.3. The van der Waals surface area contributed by atoms with E-state index < -0.39 is 18.0 Å². The Balaban J connectivity index is 1.85. The number of carboxylic acid groups (broad SMARTS) is 1. The molecule has 1 unspecified atom stereocenters. The SMILES string of the molecule is Cc1nc(CNC(=O)NC2CCCNC2=O)sc1C(=O)O. The van der Waals surface area contributed by atoms with Crippen LogP contribution >= 0.6 is 11.3 Å². The molecule has 21 heavy (non-hydrogen) atoms. The summed E-state index contributed by atoms with van der Waals surface area (Å²) < 4.78 is 0. The number of aryl methyl sites for hydroxylation is 1. The molecule has 9 heteroatoms. The fraction of sp³-hybridized carbons (Fsp3) is 0.500. The molecule has 114 valence electrons. The summed E-state index contributed by atoms with van der Waals surface area (Å²) in [6.45, 7) is 2.36. The zero-order valence-electron chi connectivity index (χ0n) is 11.4. The lowest BCUT2D eigenvalue weighted by Crippen LogP contribution is -2.52. The Labute approximate surface area is 124 Å². The fourth-order valence-corrected chi connectivity index (χ4v) is 2.84. The number of amides is 3. The first kappa shape index (κ1) is 15.2. The van der Waals surface area contributed by atoms with Crippen LogP contribution in [0.4, 0.5) is 4.79 Å². The Bertz CT molecular complexity index is 572. The van der Waals surface area contributed by atoms with Gasteiger partial charge in [-0.05, 0) is 19.8 Å². The lowest BCUT2D eigenvalue weighted by Gasteiger charge is -2.22. The van der Waals surface area contributed by atoms with E-state index in [1.54, 1.807) is 6.92 Å². The van der Waals surface area contributed by atoms with Crippen molar-refractivity contribution < 1.29 is 19.5 Å². The van der Waals surface area contributed by atoms with Crippen LogP contribution < -0.4 is 16.0 Å². The monoisotopic (exact) mass is 312 g/mol. The van der Waals surface area contributed by atoms with E-state index in [4.69, 9.17) is 5.11 Å². The van der Waals surface area contributed by atoms with E-state index in [9.17, 15) is 14.4 Å². The van der Waals surface area contributed by atoms with Gasteiger partial charge in [0, 0.05) is 6.54 Å². The van der Waals surface area contributed by atoms with Crippen LogP contribution in [0, 0.1) is 6.92 Å². The van der Waals surface area contributed by atoms with Gasteiger partial charge in [-0.15, -0.1) is 11.3 Å². The van der Waals surface area contributed by atoms with Crippen LogP contribution in [0.3, 0.4) is 0 Å². The third-order valence-electron chi connectivity index (χ3n) is 3.03. The first-order valence-electron chi connectivity index (χ1n) is 6.49. The summed E-state index contributed by atoms with van der Waals surface area (Å²) in [6, 6.07) is -0.992. The highest BCUT2D eigenvalue weighted by molar-refractivity contribution is 7.13. The quantitative estimate of drug-likeness (QED) is 0.634. The van der Waals surface area contributed by atoms with Gasteiger partial charge < -0.3 is 21.1 Å². The van der Waals surface area contributed by atoms with Crippen LogP contribution in [-0.4, -0.2) is 40.6 Å². The molecule has 0 radical (unpaired) electrons. The van der Waals surface area contributed by atoms with Crippen molar-refractivity contribution in [2.45, 2.75) is 32.4 Å². The molecular weight excluding hydrogens is 296 g/mol. The number of carboxylic acids is 1. The highest BCUT2D eigenvalue weighted by Crippen LogP contribution is 2.17. The summed E-state index contributed by atoms with van der Waals surface area (Å²) in [7, 11) is 0. The van der Waals surface area contributed by atoms with Crippen LogP contribution in [-0.2, 0) is 11.3 Å². The average molecular weight is 312 g/mol. The number of urea groups is 1. The number of nitrogens with zero attached hydrogens (tertiary/aromatic N) is 1. The van der Waals surface area contributed by atoms with Gasteiger partial charge >= 0.3 is 12.0 Å². The molecule has 8 nitrogen and oxygen atoms in total. The van der Waals surface area contributed by atoms with Crippen molar-refractivity contribution >= 4 is 29.2 Å². The van der Waals surface area contributed by atoms with Crippen molar-refractivity contribution in [3.63, 3.8) is 0 Å². The Morgan fingerprint density at radius 1 is 1.52 bits per heavy atom. The number of nitrogens with one attached hydrogen (secondary N) is 3. The van der Waals surface area contributed by atoms with Crippen LogP contribution in [0.5, 0.6) is 0 Å². The molecule has 4 N–H and O–H groups in total. The largest absolute Gasteiger partial charge is 0.477 e. The maximum Gasteiger partial charge on any atom is 0.347 e. The van der Waals surface area contributed by atoms with E-state index >= 15 is 0 Å². The lowest BCUT2D eigenvalue weighted by molar-refractivity contribution is -0.124. The molecule has 0 bridgehead atoms. The van der Waals surface area contributed by atoms with Gasteiger partial charge in [-0.25, -0.2) is 14.6 Å². The van der Waals surface area contributed by atoms with E-state index in [0.717, 1.165) is 17.8 Å². The Morgan fingerprint density at radius 3 is 2.90 bits per heavy atom. The summed E-state index contributed by atoms with van der Waals surface area (Å²) in [6.07, 6.45) is 1.43. The molecule has 0 aliphatic carbocycles. The van der Waals surface area contributed by atoms with Crippen molar-refractivity contribution in [1.29, 1.82) is 0 Å². The number of piperidine rings is 1. The van der Waals surface area contributed by atoms with E-state index in [-0.39, 0.29) is 17.3 Å². The van der Waals surface area contributed by atoms with Gasteiger partial charge in [0.1, 0.15) is 15.9 Å². The normalized spacial score (nSPS) is 18.0. The predicted octanol–water partition coefficient (Wildman–Crippen LogP) is 0.228. The number of rotatable bonds is 4. The Morgan fingerprint density at radius 2 is 2.29 bits per heavy atom. The number of carbonyl (C=O) groups is 3. The molecule has 2 heterocycles. The van der Waals surface area contributed by atoms with Gasteiger partial charge in [0.2, 0.25) is 5.91 Å². The minimum atomic E-state index is -1.03. The molecule has 1 atom stereocenters. The highest BCUT2D eigenvalue weighted by atomic mass is 32.1. The van der Waals surface area contributed by atoms with Crippen LogP contribution in [0.25, 0.3) is 0 Å². The predicted molar refractivity (Wildman–Crippen MR) is 75.2 cm³/mol. The minimum absolute atomic E-state index is 0.124. The summed E-state index contributed by atoms with van der Waals surface area (Å²) in [5.74, 6) is -1.21. The second kappa shape index (κ2) is 6.53. The third-order valence-corrected chi connectivity index (χ3v) is 4.17. The van der Waals surface area contributed by atoms with Gasteiger partial charge in [0.15, 0.2) is 0 Å². The van der Waals surface area contributed by atoms with Crippen LogP contribution in [0.1, 0.15) is 33.2 Å². The average Bonchev–Trinajstić information content (AvgIpc) is 2.80. The first-order chi connectivity index (χ1) is 9.97. The van der Waals surface area contributed by atoms with E-state index in [1.807, 2.05) is 0 Å². The smallest absolute Gasteiger partial charge is 0.347 e. The maximum absolute atomic E-state index is 11.7. The molecule has 0 spiro atoms. The molecule has 1 aromatic heterocycles. The molecule has 0 saturated carbocycles. The van der Waals surface area contributed by atoms with Crippen molar-refractivity contribution in [1.82, 2.24) is 20.9 Å². The fourth-order valence-electron chi connectivity index (χ4n) is 2.00. The highest BCUT2D eigenvalue weighted by Gasteiger charge is 2.23. The second-order valence-electron chi connectivity index (χ2n) is 4.64. The van der Waals surface area contributed by atoms with Crippen molar-refractivity contribution in [2.24, 2.45) is 0 Å². The maximum atomic E-state index is 11.7. The third kappa shape index (κ3) is 3.91. The van der Waals surface area contributed by atoms with Crippen LogP contribution in [0.15, 0.2) is 0 Å². The van der Waals surface area contributed by atoms with Crippen molar-refractivity contribution in [3.05, 3.63) is 15.6 Å². The van der Waals surface area contributed by atoms with Gasteiger partial charge in [0.05, 0.1) is 12.2 Å². The summed E-state index contributed by atoms with van der Waals surface area (Å²) >= 11 is 1.02. The first-order valence-corrected chi connectivity index (χ1v) is 7.30. The molecule has 1 fully saturated rings. The Kier molecular flexibility index (Phi) is 4.73. The van der Waals surface area contributed by atoms with Gasteiger partial charge in [-0.2, -0.15) is 0 Å². The number of carbonyl (C=O) groups excluding carboxylic acids is 2. The number of hydrogen-bond acceptors (Lipinski definition) is 5. The van der Waals surface area contributed by atoms with Gasteiger partial charge in [-0.3, -0.25) is 4.79 Å². The molecule has 2 rings (SSSR count). The zero-order valence-corrected chi connectivity index (χ0v) is 12.2. The molecule has 1 aromatic rings. The van der Waals surface area contributed by atoms with Crippen molar-refractivity contribution in [3.8, 4) is 0 Å². The number of hydrogen-bond donors (Lipinski definition) is 4. The van der Waals surface area contributed by atoms with E-state index in [1.165, 1.54) is 0 Å². The molecular formula is C12H16N4O4S. The molecule has 1 saturated heterocycles. The topological polar surface area (TPSA) is 120 Å². The molecule has 1 aliphatic heterocycles. The van der Waals surface area contributed by atoms with Gasteiger partial charge in [-0.1, -0.05) is 0 Å². The van der Waals surface area contributed by atoms with E-state index in [2.05, 4.69) is 20.9 Å². The summed E-state index contributed by atoms with van der Waals surface area (Å²) in [5.41, 5.74) is 0.427. The van der Waals surface area contributed by atoms with Crippen molar-refractivity contribution in [2.75, 3.05) is 6.54 Å². The zero-order chi connectivity index (χ0) is 15.4. The molecule has 0 aromatic carbocycles.